The largest absolute Gasteiger partial charge is 0.496 e. The molecule has 1 N–H and O–H groups in total. The van der Waals surface area contributed by atoms with Crippen molar-refractivity contribution in [1.29, 1.82) is 0 Å². The van der Waals surface area contributed by atoms with Gasteiger partial charge < -0.3 is 10.1 Å². The minimum atomic E-state index is 0.482. The molecule has 1 aromatic carbocycles. The molecule has 1 heterocycles. The zero-order chi connectivity index (χ0) is 12.1. The van der Waals surface area contributed by atoms with Crippen LogP contribution in [0.25, 0.3) is 0 Å². The molecule has 0 aliphatic rings. The zero-order valence-electron chi connectivity index (χ0n) is 9.48. The number of aromatic nitrogens is 1. The maximum Gasteiger partial charge on any atom is 0.131 e. The third kappa shape index (κ3) is 3.11. The number of benzene rings is 1. The van der Waals surface area contributed by atoms with E-state index in [0.29, 0.717) is 11.7 Å². The van der Waals surface area contributed by atoms with Crippen molar-refractivity contribution in [3.63, 3.8) is 0 Å². The first kappa shape index (κ1) is 11.7. The van der Waals surface area contributed by atoms with Gasteiger partial charge in [0.1, 0.15) is 10.9 Å². The summed E-state index contributed by atoms with van der Waals surface area (Å²) < 4.78 is 5.28. The lowest BCUT2D eigenvalue weighted by Crippen LogP contribution is -2.01. The number of hydrogen-bond donors (Lipinski definition) is 1. The summed E-state index contributed by atoms with van der Waals surface area (Å²) in [5, 5.41) is 3.75. The Hall–Kier alpha value is -1.74. The Bertz CT molecular complexity index is 502. The van der Waals surface area contributed by atoms with Crippen molar-refractivity contribution in [2.75, 3.05) is 12.4 Å². The van der Waals surface area contributed by atoms with Crippen molar-refractivity contribution in [3.8, 4) is 5.75 Å². The van der Waals surface area contributed by atoms with Gasteiger partial charge in [-0.1, -0.05) is 29.8 Å². The van der Waals surface area contributed by atoms with Gasteiger partial charge in [0.05, 0.1) is 7.11 Å². The van der Waals surface area contributed by atoms with Crippen LogP contribution in [0.4, 0.5) is 5.69 Å². The molecule has 4 heteroatoms. The van der Waals surface area contributed by atoms with Crippen molar-refractivity contribution in [2.45, 2.75) is 6.54 Å². The monoisotopic (exact) mass is 248 g/mol. The molecule has 17 heavy (non-hydrogen) atoms. The quantitative estimate of drug-likeness (QED) is 0.843. The van der Waals surface area contributed by atoms with Gasteiger partial charge in [-0.2, -0.15) is 0 Å². The van der Waals surface area contributed by atoms with E-state index in [4.69, 9.17) is 16.3 Å². The fraction of sp³-hybridized carbons (Fsp3) is 0.154. The van der Waals surface area contributed by atoms with Crippen LogP contribution in [-0.2, 0) is 6.54 Å². The number of pyridine rings is 1. The molecule has 2 aromatic rings. The summed E-state index contributed by atoms with van der Waals surface area (Å²) in [4.78, 5) is 3.93. The van der Waals surface area contributed by atoms with E-state index in [1.54, 1.807) is 19.4 Å². The molecule has 0 radical (unpaired) electrons. The number of ether oxygens (including phenoxy) is 1. The number of methoxy groups -OCH3 is 1. The Morgan fingerprint density at radius 1 is 1.29 bits per heavy atom. The summed E-state index contributed by atoms with van der Waals surface area (Å²) in [6.45, 7) is 0.685. The van der Waals surface area contributed by atoms with Gasteiger partial charge in [0.15, 0.2) is 0 Å². The lowest BCUT2D eigenvalue weighted by molar-refractivity contribution is 0.410. The first-order chi connectivity index (χ1) is 8.29. The Morgan fingerprint density at radius 3 is 2.88 bits per heavy atom. The van der Waals surface area contributed by atoms with Gasteiger partial charge in [0, 0.05) is 24.0 Å². The number of nitrogens with zero attached hydrogens (tertiary/aromatic N) is 1. The Balaban J connectivity index is 2.07. The number of nitrogens with one attached hydrogen (secondary N) is 1. The number of anilines is 1. The average molecular weight is 249 g/mol. The first-order valence-corrected chi connectivity index (χ1v) is 5.64. The zero-order valence-corrected chi connectivity index (χ0v) is 10.2. The fourth-order valence-electron chi connectivity index (χ4n) is 1.56. The van der Waals surface area contributed by atoms with E-state index in [2.05, 4.69) is 10.3 Å². The highest BCUT2D eigenvalue weighted by atomic mass is 35.5. The molecule has 0 amide bonds. The third-order valence-corrected chi connectivity index (χ3v) is 2.61. The highest BCUT2D eigenvalue weighted by Gasteiger charge is 2.01. The van der Waals surface area contributed by atoms with Crippen LogP contribution in [0.3, 0.4) is 0 Å². The standard InChI is InChI=1S/C13H13ClN2O/c1-17-12-5-3-2-4-10(12)9-16-11-6-7-15-13(14)8-11/h2-8H,9H2,1H3,(H,15,16). The molecule has 0 spiro atoms. The van der Waals surface area contributed by atoms with Gasteiger partial charge in [0.2, 0.25) is 0 Å². The van der Waals surface area contributed by atoms with Crippen molar-refractivity contribution in [1.82, 2.24) is 4.98 Å². The second kappa shape index (κ2) is 5.55. The number of para-hydroxylation sites is 1. The fourth-order valence-corrected chi connectivity index (χ4v) is 1.73. The van der Waals surface area contributed by atoms with Crippen molar-refractivity contribution < 1.29 is 4.74 Å². The van der Waals surface area contributed by atoms with Gasteiger partial charge in [0.25, 0.3) is 0 Å². The predicted octanol–water partition coefficient (Wildman–Crippen LogP) is 3.36. The first-order valence-electron chi connectivity index (χ1n) is 5.27. The summed E-state index contributed by atoms with van der Waals surface area (Å²) in [7, 11) is 1.67. The third-order valence-electron chi connectivity index (χ3n) is 2.40. The molecule has 3 nitrogen and oxygen atoms in total. The predicted molar refractivity (Wildman–Crippen MR) is 69.6 cm³/mol. The lowest BCUT2D eigenvalue weighted by Gasteiger charge is -2.10. The highest BCUT2D eigenvalue weighted by Crippen LogP contribution is 2.19. The maximum absolute atomic E-state index is 5.81. The molecule has 0 aliphatic heterocycles. The minimum absolute atomic E-state index is 0.482. The Kier molecular flexibility index (Phi) is 3.83. The molecule has 0 saturated carbocycles. The van der Waals surface area contributed by atoms with E-state index >= 15 is 0 Å². The van der Waals surface area contributed by atoms with E-state index in [9.17, 15) is 0 Å². The molecular formula is C13H13ClN2O. The van der Waals surface area contributed by atoms with Crippen LogP contribution in [0.2, 0.25) is 5.15 Å². The summed E-state index contributed by atoms with van der Waals surface area (Å²) in [5.41, 5.74) is 2.04. The molecular weight excluding hydrogens is 236 g/mol. The minimum Gasteiger partial charge on any atom is -0.496 e. The van der Waals surface area contributed by atoms with Crippen LogP contribution in [0.1, 0.15) is 5.56 Å². The normalized spacial score (nSPS) is 10.0. The number of halogens is 1. The maximum atomic E-state index is 5.81. The Labute approximate surface area is 105 Å². The number of rotatable bonds is 4. The summed E-state index contributed by atoms with van der Waals surface area (Å²) in [6.07, 6.45) is 1.67. The molecule has 0 fully saturated rings. The smallest absolute Gasteiger partial charge is 0.131 e. The van der Waals surface area contributed by atoms with Crippen LogP contribution in [-0.4, -0.2) is 12.1 Å². The molecule has 0 unspecified atom stereocenters. The van der Waals surface area contributed by atoms with E-state index in [1.807, 2.05) is 30.3 Å². The van der Waals surface area contributed by atoms with Crippen LogP contribution in [0, 0.1) is 0 Å². The van der Waals surface area contributed by atoms with Crippen molar-refractivity contribution in [2.24, 2.45) is 0 Å². The molecule has 88 valence electrons. The summed E-state index contributed by atoms with van der Waals surface area (Å²) in [5.74, 6) is 0.875. The molecule has 0 bridgehead atoms. The van der Waals surface area contributed by atoms with Crippen molar-refractivity contribution in [3.05, 3.63) is 53.3 Å². The van der Waals surface area contributed by atoms with Gasteiger partial charge >= 0.3 is 0 Å². The molecule has 1 aromatic heterocycles. The van der Waals surface area contributed by atoms with E-state index < -0.39 is 0 Å². The van der Waals surface area contributed by atoms with E-state index in [1.165, 1.54) is 0 Å². The second-order valence-corrected chi connectivity index (χ2v) is 3.92. The van der Waals surface area contributed by atoms with Gasteiger partial charge in [-0.05, 0) is 18.2 Å². The van der Waals surface area contributed by atoms with Gasteiger partial charge in [-0.3, -0.25) is 0 Å². The molecule has 2 rings (SSSR count). The summed E-state index contributed by atoms with van der Waals surface area (Å²) >= 11 is 5.81. The average Bonchev–Trinajstić information content (AvgIpc) is 2.37. The lowest BCUT2D eigenvalue weighted by atomic mass is 10.2. The second-order valence-electron chi connectivity index (χ2n) is 3.53. The number of hydrogen-bond acceptors (Lipinski definition) is 3. The topological polar surface area (TPSA) is 34.1 Å². The summed E-state index contributed by atoms with van der Waals surface area (Å²) in [6, 6.07) is 11.6. The van der Waals surface area contributed by atoms with Crippen LogP contribution in [0.15, 0.2) is 42.6 Å². The van der Waals surface area contributed by atoms with Gasteiger partial charge in [-0.15, -0.1) is 0 Å². The Morgan fingerprint density at radius 2 is 2.12 bits per heavy atom. The molecule has 0 aliphatic carbocycles. The van der Waals surface area contributed by atoms with E-state index in [-0.39, 0.29) is 0 Å². The molecule has 0 atom stereocenters. The molecule has 0 saturated heterocycles. The van der Waals surface area contributed by atoms with Crippen LogP contribution >= 0.6 is 11.6 Å². The van der Waals surface area contributed by atoms with Crippen LogP contribution < -0.4 is 10.1 Å². The van der Waals surface area contributed by atoms with Gasteiger partial charge in [-0.25, -0.2) is 4.98 Å². The van der Waals surface area contributed by atoms with Crippen LogP contribution in [0.5, 0.6) is 5.75 Å². The van der Waals surface area contributed by atoms with Crippen molar-refractivity contribution >= 4 is 17.3 Å². The SMILES string of the molecule is COc1ccccc1CNc1ccnc(Cl)c1. The van der Waals surface area contributed by atoms with E-state index in [0.717, 1.165) is 17.0 Å². The highest BCUT2D eigenvalue weighted by molar-refractivity contribution is 6.29.